The van der Waals surface area contributed by atoms with Crippen LogP contribution in [0.15, 0.2) is 53.4 Å². The van der Waals surface area contributed by atoms with Gasteiger partial charge in [0.05, 0.1) is 10.5 Å². The van der Waals surface area contributed by atoms with Gasteiger partial charge in [-0.1, -0.05) is 41.1 Å². The zero-order chi connectivity index (χ0) is 19.6. The maximum Gasteiger partial charge on any atom is 0.274 e. The van der Waals surface area contributed by atoms with Gasteiger partial charge in [-0.3, -0.25) is 13.9 Å². The number of benzene rings is 2. The largest absolute Gasteiger partial charge is 0.489 e. The lowest BCUT2D eigenvalue weighted by Gasteiger charge is -2.36. The zero-order valence-corrected chi connectivity index (χ0v) is 17.8. The molecule has 0 spiro atoms. The summed E-state index contributed by atoms with van der Waals surface area (Å²) < 4.78 is 28.1. The molecule has 2 heterocycles. The second-order valence-electron chi connectivity index (χ2n) is 7.22. The number of nitrogens with zero attached hydrogens (tertiary/aromatic N) is 1. The van der Waals surface area contributed by atoms with Crippen LogP contribution in [0, 0.1) is 0 Å². The molecule has 0 aromatic heterocycles. The SMILES string of the molecule is Cl.O=C1c2ccccc2S(O)(O)N1CCCCNCC1CCc2ccccc2O1. The number of rotatable bonds is 7. The number of nitrogens with one attached hydrogen (secondary N) is 1. The van der Waals surface area contributed by atoms with Crippen LogP contribution in [0.5, 0.6) is 5.75 Å². The molecule has 3 N–H and O–H groups in total. The Labute approximate surface area is 179 Å². The summed E-state index contributed by atoms with van der Waals surface area (Å²) in [5, 5.41) is 3.41. The van der Waals surface area contributed by atoms with E-state index in [9.17, 15) is 13.9 Å². The fourth-order valence-electron chi connectivity index (χ4n) is 3.77. The highest BCUT2D eigenvalue weighted by Gasteiger charge is 2.40. The third kappa shape index (κ3) is 4.54. The van der Waals surface area contributed by atoms with Crippen LogP contribution in [0.3, 0.4) is 0 Å². The first-order chi connectivity index (χ1) is 13.6. The van der Waals surface area contributed by atoms with E-state index >= 15 is 0 Å². The molecule has 2 aromatic rings. The fraction of sp³-hybridized carbons (Fsp3) is 0.381. The van der Waals surface area contributed by atoms with E-state index in [1.54, 1.807) is 24.3 Å². The van der Waals surface area contributed by atoms with E-state index in [4.69, 9.17) is 4.74 Å². The number of ether oxygens (including phenoxy) is 1. The highest BCUT2D eigenvalue weighted by molar-refractivity contribution is 8.23. The van der Waals surface area contributed by atoms with Crippen molar-refractivity contribution >= 4 is 29.1 Å². The number of halogens is 1. The molecule has 0 saturated carbocycles. The number of fused-ring (bicyclic) bond motifs is 2. The van der Waals surface area contributed by atoms with Crippen LogP contribution in [-0.4, -0.2) is 45.1 Å². The number of hydrogen-bond donors (Lipinski definition) is 3. The van der Waals surface area contributed by atoms with Crippen molar-refractivity contribution in [3.05, 3.63) is 59.7 Å². The van der Waals surface area contributed by atoms with Crippen LogP contribution in [0.1, 0.15) is 35.2 Å². The van der Waals surface area contributed by atoms with E-state index in [1.165, 1.54) is 9.87 Å². The standard InChI is InChI=1S/C21H26N2O4S.ClH/c24-21-18-8-2-4-10-20(18)28(25,26)23(21)14-6-5-13-22-15-17-12-11-16-7-1-3-9-19(16)27-17;/h1-4,7-10,17,22,25-26H,5-6,11-15H2;1H. The summed E-state index contributed by atoms with van der Waals surface area (Å²) in [4.78, 5) is 12.8. The van der Waals surface area contributed by atoms with Crippen LogP contribution in [0.4, 0.5) is 0 Å². The highest BCUT2D eigenvalue weighted by atomic mass is 35.5. The highest BCUT2D eigenvalue weighted by Crippen LogP contribution is 2.58. The zero-order valence-electron chi connectivity index (χ0n) is 16.1. The predicted molar refractivity (Wildman–Crippen MR) is 117 cm³/mol. The molecule has 4 rings (SSSR count). The van der Waals surface area contributed by atoms with E-state index in [0.29, 0.717) is 23.4 Å². The van der Waals surface area contributed by atoms with Gasteiger partial charge in [-0.25, -0.2) is 4.31 Å². The summed E-state index contributed by atoms with van der Waals surface area (Å²) in [5.74, 6) is 0.690. The number of para-hydroxylation sites is 1. The summed E-state index contributed by atoms with van der Waals surface area (Å²) in [6.07, 6.45) is 3.77. The van der Waals surface area contributed by atoms with E-state index in [0.717, 1.165) is 38.1 Å². The van der Waals surface area contributed by atoms with Crippen molar-refractivity contribution in [3.63, 3.8) is 0 Å². The van der Waals surface area contributed by atoms with Crippen molar-refractivity contribution in [2.24, 2.45) is 0 Å². The number of carbonyl (C=O) groups is 1. The number of amides is 1. The molecule has 8 heteroatoms. The minimum Gasteiger partial charge on any atom is -0.489 e. The van der Waals surface area contributed by atoms with Crippen LogP contribution < -0.4 is 10.1 Å². The Morgan fingerprint density at radius 1 is 1.10 bits per heavy atom. The Morgan fingerprint density at radius 2 is 1.86 bits per heavy atom. The Hall–Kier alpha value is -1.77. The Kier molecular flexibility index (Phi) is 7.08. The molecule has 2 aromatic carbocycles. The maximum absolute atomic E-state index is 12.4. The monoisotopic (exact) mass is 438 g/mol. The minimum atomic E-state index is -3.19. The first-order valence-electron chi connectivity index (χ1n) is 9.72. The van der Waals surface area contributed by atoms with Crippen LogP contribution in [0.2, 0.25) is 0 Å². The van der Waals surface area contributed by atoms with Gasteiger partial charge in [-0.2, -0.15) is 0 Å². The first kappa shape index (κ1) is 21.9. The molecule has 0 saturated heterocycles. The molecule has 0 bridgehead atoms. The lowest BCUT2D eigenvalue weighted by Crippen LogP contribution is -2.35. The molecule has 1 atom stereocenters. The molecule has 0 fully saturated rings. The average molecular weight is 439 g/mol. The summed E-state index contributed by atoms with van der Waals surface area (Å²) in [5.41, 5.74) is 1.67. The molecule has 6 nitrogen and oxygen atoms in total. The molecule has 158 valence electrons. The Bertz CT molecular complexity index is 864. The Balaban J connectivity index is 0.00000240. The van der Waals surface area contributed by atoms with Crippen molar-refractivity contribution in [2.75, 3.05) is 19.6 Å². The number of unbranched alkanes of at least 4 members (excludes halogenated alkanes) is 1. The number of hydrogen-bond acceptors (Lipinski definition) is 5. The van der Waals surface area contributed by atoms with Crippen molar-refractivity contribution < 1.29 is 18.6 Å². The van der Waals surface area contributed by atoms with Crippen molar-refractivity contribution in [3.8, 4) is 5.75 Å². The van der Waals surface area contributed by atoms with Gasteiger partial charge in [0.15, 0.2) is 0 Å². The summed E-state index contributed by atoms with van der Waals surface area (Å²) in [6, 6.07) is 14.9. The third-order valence-corrected chi connectivity index (χ3v) is 7.19. The molecule has 1 amide bonds. The minimum absolute atomic E-state index is 0. The first-order valence-corrected chi connectivity index (χ1v) is 11.2. The summed E-state index contributed by atoms with van der Waals surface area (Å²) in [6.45, 7) is 1.93. The second kappa shape index (κ2) is 9.36. The average Bonchev–Trinajstić information content (AvgIpc) is 2.91. The molecule has 1 unspecified atom stereocenters. The second-order valence-corrected chi connectivity index (χ2v) is 9.14. The molecule has 0 aliphatic carbocycles. The van der Waals surface area contributed by atoms with Gasteiger partial charge in [0.1, 0.15) is 11.9 Å². The van der Waals surface area contributed by atoms with Gasteiger partial charge in [-0.15, -0.1) is 12.4 Å². The Morgan fingerprint density at radius 3 is 2.69 bits per heavy atom. The lowest BCUT2D eigenvalue weighted by molar-refractivity contribution is 0.0861. The molecule has 29 heavy (non-hydrogen) atoms. The van der Waals surface area contributed by atoms with Crippen LogP contribution in [-0.2, 0) is 6.42 Å². The molecule has 2 aliphatic rings. The van der Waals surface area contributed by atoms with Gasteiger partial charge >= 0.3 is 0 Å². The van der Waals surface area contributed by atoms with E-state index in [2.05, 4.69) is 11.4 Å². The van der Waals surface area contributed by atoms with Crippen molar-refractivity contribution in [1.29, 1.82) is 0 Å². The van der Waals surface area contributed by atoms with Gasteiger partial charge in [-0.05, 0) is 56.0 Å². The molecule has 2 aliphatic heterocycles. The quantitative estimate of drug-likeness (QED) is 0.560. The summed E-state index contributed by atoms with van der Waals surface area (Å²) in [7, 11) is -3.19. The van der Waals surface area contributed by atoms with Gasteiger partial charge < -0.3 is 10.1 Å². The number of carbonyl (C=O) groups excluding carboxylic acids is 1. The van der Waals surface area contributed by atoms with Gasteiger partial charge in [0, 0.05) is 13.1 Å². The lowest BCUT2D eigenvalue weighted by atomic mass is 10.0. The van der Waals surface area contributed by atoms with Gasteiger partial charge in [0.25, 0.3) is 5.91 Å². The van der Waals surface area contributed by atoms with Crippen LogP contribution >= 0.6 is 23.2 Å². The van der Waals surface area contributed by atoms with Gasteiger partial charge in [0.2, 0.25) is 0 Å². The van der Waals surface area contributed by atoms with Crippen molar-refractivity contribution in [2.45, 2.75) is 36.7 Å². The normalized spacial score (nSPS) is 20.3. The van der Waals surface area contributed by atoms with Crippen molar-refractivity contribution in [1.82, 2.24) is 9.62 Å². The molecular weight excluding hydrogens is 412 g/mol. The maximum atomic E-state index is 12.4. The smallest absolute Gasteiger partial charge is 0.274 e. The predicted octanol–water partition coefficient (Wildman–Crippen LogP) is 4.35. The third-order valence-electron chi connectivity index (χ3n) is 5.29. The van der Waals surface area contributed by atoms with Crippen LogP contribution in [0.25, 0.3) is 0 Å². The van der Waals surface area contributed by atoms with E-state index < -0.39 is 10.8 Å². The van der Waals surface area contributed by atoms with E-state index in [-0.39, 0.29) is 24.4 Å². The fourth-order valence-corrected chi connectivity index (χ4v) is 5.43. The molecular formula is C21H27ClN2O4S. The topological polar surface area (TPSA) is 82.0 Å². The van der Waals surface area contributed by atoms with E-state index in [1.807, 2.05) is 18.2 Å². The molecule has 0 radical (unpaired) electrons. The summed E-state index contributed by atoms with van der Waals surface area (Å²) >= 11 is 0. The number of aryl methyl sites for hydroxylation is 1.